The van der Waals surface area contributed by atoms with E-state index in [0.29, 0.717) is 18.8 Å². The lowest BCUT2D eigenvalue weighted by Crippen LogP contribution is -2.26. The van der Waals surface area contributed by atoms with Gasteiger partial charge in [0.1, 0.15) is 24.7 Å². The lowest BCUT2D eigenvalue weighted by Gasteiger charge is -2.15. The summed E-state index contributed by atoms with van der Waals surface area (Å²) < 4.78 is 11.6. The zero-order valence-electron chi connectivity index (χ0n) is 18.6. The number of rotatable bonds is 10. The first kappa shape index (κ1) is 22.2. The zero-order valence-corrected chi connectivity index (χ0v) is 18.6. The Morgan fingerprint density at radius 3 is 1.61 bits per heavy atom. The second-order valence-electron chi connectivity index (χ2n) is 7.83. The van der Waals surface area contributed by atoms with Crippen LogP contribution in [0.2, 0.25) is 0 Å². The number of carbonyl (C=O) groups excluding carboxylic acids is 1. The molecule has 1 unspecified atom stereocenters. The first-order chi connectivity index (χ1) is 16.2. The first-order valence-corrected chi connectivity index (χ1v) is 11.0. The van der Waals surface area contributed by atoms with Crippen LogP contribution in [0.25, 0.3) is 0 Å². The van der Waals surface area contributed by atoms with Crippen molar-refractivity contribution in [1.29, 1.82) is 0 Å². The van der Waals surface area contributed by atoms with Gasteiger partial charge in [0.2, 0.25) is 0 Å². The van der Waals surface area contributed by atoms with Crippen molar-refractivity contribution >= 4 is 11.5 Å². The van der Waals surface area contributed by atoms with Crippen LogP contribution < -0.4 is 14.8 Å². The van der Waals surface area contributed by atoms with Crippen molar-refractivity contribution in [2.24, 2.45) is 0 Å². The van der Waals surface area contributed by atoms with Crippen LogP contribution in [0.3, 0.4) is 0 Å². The van der Waals surface area contributed by atoms with Crippen molar-refractivity contribution < 1.29 is 14.3 Å². The van der Waals surface area contributed by atoms with Crippen molar-refractivity contribution in [1.82, 2.24) is 0 Å². The van der Waals surface area contributed by atoms with Gasteiger partial charge >= 0.3 is 0 Å². The fourth-order valence-corrected chi connectivity index (χ4v) is 3.41. The van der Waals surface area contributed by atoms with Crippen LogP contribution in [0.15, 0.2) is 109 Å². The Hall–Kier alpha value is -4.05. The number of Topliss-reactive ketones (excluding diaryl/α,β-unsaturated/α-hetero) is 1. The van der Waals surface area contributed by atoms with Gasteiger partial charge < -0.3 is 14.8 Å². The predicted octanol–water partition coefficient (Wildman–Crippen LogP) is 6.53. The molecule has 0 saturated carbocycles. The monoisotopic (exact) mass is 437 g/mol. The molecule has 1 N–H and O–H groups in total. The molecular weight excluding hydrogens is 410 g/mol. The van der Waals surface area contributed by atoms with Crippen LogP contribution in [-0.2, 0) is 13.2 Å². The molecule has 0 spiro atoms. The van der Waals surface area contributed by atoms with Gasteiger partial charge in [0, 0.05) is 11.3 Å². The molecule has 4 heteroatoms. The van der Waals surface area contributed by atoms with Gasteiger partial charge in [-0.05, 0) is 66.6 Å². The van der Waals surface area contributed by atoms with Gasteiger partial charge in [0.25, 0.3) is 0 Å². The molecule has 0 aliphatic heterocycles. The summed E-state index contributed by atoms with van der Waals surface area (Å²) in [6.45, 7) is 2.88. The minimum Gasteiger partial charge on any atom is -0.489 e. The van der Waals surface area contributed by atoms with Crippen molar-refractivity contribution in [3.05, 3.63) is 126 Å². The van der Waals surface area contributed by atoms with E-state index in [4.69, 9.17) is 9.47 Å². The minimum atomic E-state index is -0.364. The number of carbonyl (C=O) groups is 1. The number of hydrogen-bond acceptors (Lipinski definition) is 4. The van der Waals surface area contributed by atoms with Crippen LogP contribution in [-0.4, -0.2) is 11.8 Å². The van der Waals surface area contributed by atoms with Crippen molar-refractivity contribution in [3.8, 4) is 11.5 Å². The molecule has 4 nitrogen and oxygen atoms in total. The maximum Gasteiger partial charge on any atom is 0.184 e. The highest BCUT2D eigenvalue weighted by molar-refractivity contribution is 6.01. The summed E-state index contributed by atoms with van der Waals surface area (Å²) in [5.74, 6) is 1.55. The summed E-state index contributed by atoms with van der Waals surface area (Å²) in [6, 6.07) is 34.6. The lowest BCUT2D eigenvalue weighted by atomic mass is 10.0. The van der Waals surface area contributed by atoms with E-state index in [1.54, 1.807) is 12.1 Å². The molecule has 0 fully saturated rings. The van der Waals surface area contributed by atoms with Crippen molar-refractivity contribution in [2.75, 3.05) is 5.32 Å². The molecular formula is C29H27NO3. The van der Waals surface area contributed by atoms with E-state index in [1.165, 1.54) is 0 Å². The molecule has 0 bridgehead atoms. The number of anilines is 1. The van der Waals surface area contributed by atoms with Crippen LogP contribution >= 0.6 is 0 Å². The van der Waals surface area contributed by atoms with E-state index in [-0.39, 0.29) is 11.8 Å². The number of ketones is 1. The third-order valence-electron chi connectivity index (χ3n) is 5.27. The Morgan fingerprint density at radius 2 is 1.12 bits per heavy atom. The molecule has 0 aromatic heterocycles. The average Bonchev–Trinajstić information content (AvgIpc) is 2.88. The zero-order chi connectivity index (χ0) is 22.9. The smallest absolute Gasteiger partial charge is 0.184 e. The summed E-state index contributed by atoms with van der Waals surface area (Å²) >= 11 is 0. The van der Waals surface area contributed by atoms with E-state index in [0.717, 1.165) is 28.3 Å². The molecule has 166 valence electrons. The molecule has 1 atom stereocenters. The van der Waals surface area contributed by atoms with Gasteiger partial charge in [-0.1, -0.05) is 60.7 Å². The molecule has 0 amide bonds. The predicted molar refractivity (Wildman–Crippen MR) is 132 cm³/mol. The second-order valence-corrected chi connectivity index (χ2v) is 7.83. The molecule has 0 heterocycles. The van der Waals surface area contributed by atoms with Crippen molar-refractivity contribution in [2.45, 2.75) is 26.2 Å². The third-order valence-corrected chi connectivity index (χ3v) is 5.27. The fourth-order valence-electron chi connectivity index (χ4n) is 3.41. The van der Waals surface area contributed by atoms with Crippen LogP contribution in [0.4, 0.5) is 5.69 Å². The summed E-state index contributed by atoms with van der Waals surface area (Å²) in [7, 11) is 0. The third kappa shape index (κ3) is 6.47. The number of nitrogens with one attached hydrogen (secondary N) is 1. The van der Waals surface area contributed by atoms with E-state index < -0.39 is 0 Å². The van der Waals surface area contributed by atoms with Crippen molar-refractivity contribution in [3.63, 3.8) is 0 Å². The topological polar surface area (TPSA) is 47.6 Å². The molecule has 33 heavy (non-hydrogen) atoms. The van der Waals surface area contributed by atoms with E-state index in [1.807, 2.05) is 104 Å². The lowest BCUT2D eigenvalue weighted by molar-refractivity contribution is 0.0975. The number of benzene rings is 4. The maximum absolute atomic E-state index is 12.8. The molecule has 4 aromatic rings. The van der Waals surface area contributed by atoms with Gasteiger partial charge in [-0.3, -0.25) is 4.79 Å². The van der Waals surface area contributed by atoms with Gasteiger partial charge in [-0.2, -0.15) is 0 Å². The summed E-state index contributed by atoms with van der Waals surface area (Å²) in [4.78, 5) is 12.8. The summed E-state index contributed by atoms with van der Waals surface area (Å²) in [5, 5.41) is 3.27. The largest absolute Gasteiger partial charge is 0.489 e. The normalized spacial score (nSPS) is 11.4. The first-order valence-electron chi connectivity index (χ1n) is 11.0. The molecule has 0 aliphatic carbocycles. The van der Waals surface area contributed by atoms with E-state index in [2.05, 4.69) is 5.32 Å². The average molecular weight is 438 g/mol. The highest BCUT2D eigenvalue weighted by Gasteiger charge is 2.15. The number of hydrogen-bond donors (Lipinski definition) is 1. The molecule has 0 saturated heterocycles. The Kier molecular flexibility index (Phi) is 7.39. The SMILES string of the molecule is CC(Nc1ccc(OCc2ccccc2)cc1)C(=O)c1ccc(OCc2ccccc2)cc1. The minimum absolute atomic E-state index is 0.0222. The molecule has 0 aliphatic rings. The summed E-state index contributed by atoms with van der Waals surface area (Å²) in [5.41, 5.74) is 3.73. The summed E-state index contributed by atoms with van der Waals surface area (Å²) in [6.07, 6.45) is 0. The van der Waals surface area contributed by atoms with E-state index in [9.17, 15) is 4.79 Å². The van der Waals surface area contributed by atoms with Gasteiger partial charge in [0.15, 0.2) is 5.78 Å². The Bertz CT molecular complexity index is 1140. The molecule has 0 radical (unpaired) electrons. The fraction of sp³-hybridized carbons (Fsp3) is 0.138. The number of ether oxygens (including phenoxy) is 2. The van der Waals surface area contributed by atoms with E-state index >= 15 is 0 Å². The highest BCUT2D eigenvalue weighted by Crippen LogP contribution is 2.20. The van der Waals surface area contributed by atoms with Crippen LogP contribution in [0.5, 0.6) is 11.5 Å². The molecule has 4 aromatic carbocycles. The van der Waals surface area contributed by atoms with Gasteiger partial charge in [-0.25, -0.2) is 0 Å². The second kappa shape index (κ2) is 11.0. The Labute approximate surface area is 194 Å². The Balaban J connectivity index is 1.28. The highest BCUT2D eigenvalue weighted by atomic mass is 16.5. The van der Waals surface area contributed by atoms with Gasteiger partial charge in [0.05, 0.1) is 6.04 Å². The van der Waals surface area contributed by atoms with Crippen LogP contribution in [0, 0.1) is 0 Å². The quantitative estimate of drug-likeness (QED) is 0.287. The van der Waals surface area contributed by atoms with Gasteiger partial charge in [-0.15, -0.1) is 0 Å². The Morgan fingerprint density at radius 1 is 0.667 bits per heavy atom. The molecule has 4 rings (SSSR count). The maximum atomic E-state index is 12.8. The van der Waals surface area contributed by atoms with Crippen LogP contribution in [0.1, 0.15) is 28.4 Å². The standard InChI is InChI=1S/C29H27NO3/c1-22(30-26-14-18-28(19-15-26)33-21-24-10-6-3-7-11-24)29(31)25-12-16-27(17-13-25)32-20-23-8-4-2-5-9-23/h2-19,22,30H,20-21H2,1H3.